The first-order valence-electron chi connectivity index (χ1n) is 10.4. The van der Waals surface area contributed by atoms with Gasteiger partial charge in [-0.1, -0.05) is 11.6 Å². The van der Waals surface area contributed by atoms with Crippen LogP contribution in [0.25, 0.3) is 0 Å². The molecule has 2 atom stereocenters. The quantitative estimate of drug-likeness (QED) is 0.542. The van der Waals surface area contributed by atoms with Gasteiger partial charge in [0.1, 0.15) is 11.5 Å². The van der Waals surface area contributed by atoms with Crippen molar-refractivity contribution in [3.8, 4) is 11.5 Å². The van der Waals surface area contributed by atoms with E-state index in [0.717, 1.165) is 12.0 Å². The van der Waals surface area contributed by atoms with E-state index in [1.807, 2.05) is 12.1 Å². The van der Waals surface area contributed by atoms with E-state index in [4.69, 9.17) is 25.8 Å². The summed E-state index contributed by atoms with van der Waals surface area (Å²) in [6.45, 7) is 0.423. The van der Waals surface area contributed by atoms with Crippen molar-refractivity contribution in [3.63, 3.8) is 0 Å². The lowest BCUT2D eigenvalue weighted by atomic mass is 9.90. The Balaban J connectivity index is 1.66. The predicted molar refractivity (Wildman–Crippen MR) is 119 cm³/mol. The molecular weight excluding hydrogens is 461 g/mol. The molecular formula is C23H26ClF3N2O4. The molecule has 1 aliphatic rings. The van der Waals surface area contributed by atoms with Crippen LogP contribution in [0.3, 0.4) is 0 Å². The van der Waals surface area contributed by atoms with Crippen molar-refractivity contribution in [2.24, 2.45) is 0 Å². The summed E-state index contributed by atoms with van der Waals surface area (Å²) in [4.78, 5) is 13.8. The molecule has 1 amide bonds. The molecule has 1 fully saturated rings. The number of likely N-dealkylation sites (tertiary alicyclic amines) is 1. The van der Waals surface area contributed by atoms with Gasteiger partial charge in [0.05, 0.1) is 14.2 Å². The zero-order valence-corrected chi connectivity index (χ0v) is 19.1. The van der Waals surface area contributed by atoms with Gasteiger partial charge in [0.15, 0.2) is 0 Å². The number of hydrogen-bond donors (Lipinski definition) is 1. The number of anilines is 1. The Bertz CT molecular complexity index is 918. The predicted octanol–water partition coefficient (Wildman–Crippen LogP) is 5.72. The first kappa shape index (κ1) is 25.0. The molecule has 0 saturated carbocycles. The zero-order chi connectivity index (χ0) is 24.0. The number of rotatable bonds is 7. The van der Waals surface area contributed by atoms with Crippen LogP contribution in [0, 0.1) is 0 Å². The van der Waals surface area contributed by atoms with Crippen molar-refractivity contribution < 1.29 is 32.2 Å². The number of ether oxygens (including phenoxy) is 3. The third-order valence-electron chi connectivity index (χ3n) is 5.48. The van der Waals surface area contributed by atoms with Gasteiger partial charge in [-0.2, -0.15) is 13.2 Å². The van der Waals surface area contributed by atoms with Crippen LogP contribution in [0.5, 0.6) is 11.5 Å². The maximum Gasteiger partial charge on any atom is 0.426 e. The van der Waals surface area contributed by atoms with Crippen molar-refractivity contribution in [1.82, 2.24) is 4.90 Å². The van der Waals surface area contributed by atoms with E-state index in [9.17, 15) is 18.0 Å². The fourth-order valence-electron chi connectivity index (χ4n) is 3.81. The average Bonchev–Trinajstić information content (AvgIpc) is 2.79. The number of carbonyl (C=O) groups is 1. The number of hydrogen-bond acceptors (Lipinski definition) is 5. The lowest BCUT2D eigenvalue weighted by molar-refractivity contribution is -0.207. The third kappa shape index (κ3) is 7.17. The molecule has 0 aromatic heterocycles. The van der Waals surface area contributed by atoms with Crippen LogP contribution < -0.4 is 14.8 Å². The molecule has 0 aliphatic carbocycles. The maximum absolute atomic E-state index is 13.7. The fraction of sp³-hybridized carbons (Fsp3) is 0.435. The molecule has 2 aromatic rings. The summed E-state index contributed by atoms with van der Waals surface area (Å²) < 4.78 is 56.4. The van der Waals surface area contributed by atoms with Gasteiger partial charge in [-0.25, -0.2) is 4.79 Å². The van der Waals surface area contributed by atoms with Gasteiger partial charge >= 0.3 is 12.3 Å². The molecule has 0 spiro atoms. The molecule has 1 aliphatic heterocycles. The number of methoxy groups -OCH3 is 2. The molecule has 0 radical (unpaired) electrons. The SMILES string of the molecule is COc1cc(OC)cc([C@@H]2CCCN(CC(OC(=O)Nc3ccc(Cl)cc3)C(F)(F)F)C2)c1. The Hall–Kier alpha value is -2.65. The second-order valence-corrected chi connectivity index (χ2v) is 8.25. The van der Waals surface area contributed by atoms with E-state index in [2.05, 4.69) is 5.32 Å². The average molecular weight is 487 g/mol. The summed E-state index contributed by atoms with van der Waals surface area (Å²) in [5.41, 5.74) is 1.22. The summed E-state index contributed by atoms with van der Waals surface area (Å²) in [5.74, 6) is 1.24. The van der Waals surface area contributed by atoms with Crippen molar-refractivity contribution >= 4 is 23.4 Å². The number of nitrogens with one attached hydrogen (secondary N) is 1. The minimum absolute atomic E-state index is 0.000438. The monoisotopic (exact) mass is 486 g/mol. The number of carbonyl (C=O) groups excluding carboxylic acids is 1. The van der Waals surface area contributed by atoms with Crippen molar-refractivity contribution in [1.29, 1.82) is 0 Å². The number of alkyl halides is 3. The Labute approximate surface area is 195 Å². The highest BCUT2D eigenvalue weighted by Crippen LogP contribution is 2.34. The molecule has 1 N–H and O–H groups in total. The highest BCUT2D eigenvalue weighted by molar-refractivity contribution is 6.30. The smallest absolute Gasteiger partial charge is 0.426 e. The van der Waals surface area contributed by atoms with Crippen LogP contribution in [0.2, 0.25) is 5.02 Å². The van der Waals surface area contributed by atoms with Crippen molar-refractivity contribution in [2.45, 2.75) is 31.0 Å². The van der Waals surface area contributed by atoms with Crippen LogP contribution >= 0.6 is 11.6 Å². The third-order valence-corrected chi connectivity index (χ3v) is 5.73. The number of piperidine rings is 1. The van der Waals surface area contributed by atoms with Gasteiger partial charge in [-0.3, -0.25) is 10.2 Å². The van der Waals surface area contributed by atoms with Crippen LogP contribution in [0.1, 0.15) is 24.3 Å². The molecule has 33 heavy (non-hydrogen) atoms. The fourth-order valence-corrected chi connectivity index (χ4v) is 3.94. The number of halogens is 4. The molecule has 1 unspecified atom stereocenters. The summed E-state index contributed by atoms with van der Waals surface area (Å²) in [5, 5.41) is 2.74. The van der Waals surface area contributed by atoms with E-state index < -0.39 is 24.9 Å². The van der Waals surface area contributed by atoms with Gasteiger partial charge in [-0.15, -0.1) is 0 Å². The van der Waals surface area contributed by atoms with Gasteiger partial charge in [0, 0.05) is 29.9 Å². The lowest BCUT2D eigenvalue weighted by Gasteiger charge is -2.35. The van der Waals surface area contributed by atoms with Crippen LogP contribution in [0.15, 0.2) is 42.5 Å². The largest absolute Gasteiger partial charge is 0.497 e. The Morgan fingerprint density at radius 2 is 1.79 bits per heavy atom. The van der Waals surface area contributed by atoms with Gasteiger partial charge in [-0.05, 0) is 67.3 Å². The zero-order valence-electron chi connectivity index (χ0n) is 18.3. The van der Waals surface area contributed by atoms with Crippen molar-refractivity contribution in [2.75, 3.05) is 39.2 Å². The van der Waals surface area contributed by atoms with Gasteiger partial charge in [0.2, 0.25) is 6.10 Å². The highest BCUT2D eigenvalue weighted by Gasteiger charge is 2.44. The number of amides is 1. The molecule has 1 heterocycles. The second-order valence-electron chi connectivity index (χ2n) is 7.81. The van der Waals surface area contributed by atoms with E-state index >= 15 is 0 Å². The number of nitrogens with zero attached hydrogens (tertiary/aromatic N) is 1. The van der Waals surface area contributed by atoms with Gasteiger partial charge < -0.3 is 14.2 Å². The highest BCUT2D eigenvalue weighted by atomic mass is 35.5. The molecule has 180 valence electrons. The van der Waals surface area contributed by atoms with Crippen LogP contribution in [-0.2, 0) is 4.74 Å². The molecule has 6 nitrogen and oxygen atoms in total. The van der Waals surface area contributed by atoms with Crippen LogP contribution in [0.4, 0.5) is 23.7 Å². The van der Waals surface area contributed by atoms with Crippen molar-refractivity contribution in [3.05, 3.63) is 53.1 Å². The van der Waals surface area contributed by atoms with E-state index in [0.29, 0.717) is 36.0 Å². The molecule has 3 rings (SSSR count). The topological polar surface area (TPSA) is 60.0 Å². The minimum Gasteiger partial charge on any atom is -0.497 e. The maximum atomic E-state index is 13.7. The van der Waals surface area contributed by atoms with E-state index in [1.165, 1.54) is 24.3 Å². The molecule has 1 saturated heterocycles. The molecule has 0 bridgehead atoms. The summed E-state index contributed by atoms with van der Waals surface area (Å²) in [7, 11) is 3.10. The standard InChI is InChI=1S/C23H26ClF3N2O4/c1-31-19-10-16(11-20(12-19)32-2)15-4-3-9-29(13-15)14-21(23(25,26)27)33-22(30)28-18-7-5-17(24)6-8-18/h5-8,10-12,15,21H,3-4,9,13-14H2,1-2H3,(H,28,30)/t15-,21?/m1/s1. The summed E-state index contributed by atoms with van der Waals surface area (Å²) >= 11 is 5.78. The minimum atomic E-state index is -4.70. The Kier molecular flexibility index (Phi) is 8.31. The first-order chi connectivity index (χ1) is 15.7. The van der Waals surface area contributed by atoms with E-state index in [-0.39, 0.29) is 11.6 Å². The van der Waals surface area contributed by atoms with Gasteiger partial charge in [0.25, 0.3) is 0 Å². The summed E-state index contributed by atoms with van der Waals surface area (Å²) in [6, 6.07) is 11.5. The first-order valence-corrected chi connectivity index (χ1v) is 10.8. The van der Waals surface area contributed by atoms with Crippen LogP contribution in [-0.4, -0.2) is 57.1 Å². The molecule has 2 aromatic carbocycles. The number of benzene rings is 2. The second kappa shape index (κ2) is 11.0. The normalized spacial score (nSPS) is 17.8. The van der Waals surface area contributed by atoms with E-state index in [1.54, 1.807) is 25.2 Å². The lowest BCUT2D eigenvalue weighted by Crippen LogP contribution is -2.47. The summed E-state index contributed by atoms with van der Waals surface area (Å²) in [6.07, 6.45) is -6.61. The molecule has 10 heteroatoms. The Morgan fingerprint density at radius 3 is 2.36 bits per heavy atom. The Morgan fingerprint density at radius 1 is 1.15 bits per heavy atom.